The van der Waals surface area contributed by atoms with Crippen LogP contribution in [0.1, 0.15) is 18.1 Å². The molecule has 0 aliphatic heterocycles. The first kappa shape index (κ1) is 13.3. The molecule has 1 aromatic rings. The first-order chi connectivity index (χ1) is 8.19. The predicted octanol–water partition coefficient (Wildman–Crippen LogP) is 2.86. The summed E-state index contributed by atoms with van der Waals surface area (Å²) in [5.74, 6) is 1.17. The van der Waals surface area contributed by atoms with Crippen molar-refractivity contribution >= 4 is 23.0 Å². The van der Waals surface area contributed by atoms with Gasteiger partial charge >= 0.3 is 0 Å². The summed E-state index contributed by atoms with van der Waals surface area (Å²) in [6, 6.07) is 7.54. The lowest BCUT2D eigenvalue weighted by atomic mass is 10.1. The molecule has 17 heavy (non-hydrogen) atoms. The second-order valence-corrected chi connectivity index (χ2v) is 4.44. The first-order valence-electron chi connectivity index (χ1n) is 5.06. The van der Waals surface area contributed by atoms with Gasteiger partial charge in [-0.15, -0.1) is 0 Å². The molecule has 1 aromatic carbocycles. The van der Waals surface area contributed by atoms with E-state index in [-0.39, 0.29) is 5.12 Å². The number of rotatable bonds is 4. The van der Waals surface area contributed by atoms with Crippen molar-refractivity contribution in [2.45, 2.75) is 6.92 Å². The van der Waals surface area contributed by atoms with E-state index in [0.717, 1.165) is 5.56 Å². The largest absolute Gasteiger partial charge is 0.495 e. The van der Waals surface area contributed by atoms with E-state index in [2.05, 4.69) is 6.07 Å². The van der Waals surface area contributed by atoms with Gasteiger partial charge in [0.2, 0.25) is 0 Å². The van der Waals surface area contributed by atoms with Gasteiger partial charge in [0.15, 0.2) is 5.12 Å². The third-order valence-electron chi connectivity index (χ3n) is 2.07. The Morgan fingerprint density at radius 3 is 2.94 bits per heavy atom. The Morgan fingerprint density at radius 2 is 2.35 bits per heavy atom. The van der Waals surface area contributed by atoms with E-state index < -0.39 is 0 Å². The number of ether oxygens (including phenoxy) is 1. The maximum atomic E-state index is 10.7. The lowest BCUT2D eigenvalue weighted by molar-refractivity contribution is -0.109. The molecule has 0 fully saturated rings. The molecule has 88 valence electrons. The molecule has 3 nitrogen and oxygen atoms in total. The summed E-state index contributed by atoms with van der Waals surface area (Å²) in [4.78, 5) is 10.7. The van der Waals surface area contributed by atoms with Gasteiger partial charge in [0, 0.05) is 12.7 Å². The summed E-state index contributed by atoms with van der Waals surface area (Å²) in [5, 5.41) is 9.14. The van der Waals surface area contributed by atoms with Crippen LogP contribution in [0, 0.1) is 11.3 Å². The van der Waals surface area contributed by atoms with Crippen LogP contribution in [0.5, 0.6) is 5.75 Å². The molecule has 1 rings (SSSR count). The highest BCUT2D eigenvalue weighted by molar-refractivity contribution is 8.13. The normalized spacial score (nSPS) is 10.2. The van der Waals surface area contributed by atoms with Crippen molar-refractivity contribution in [3.63, 3.8) is 0 Å². The molecular formula is C13H13NO2S. The van der Waals surface area contributed by atoms with Crippen LogP contribution in [0.25, 0.3) is 6.08 Å². The van der Waals surface area contributed by atoms with E-state index in [1.54, 1.807) is 6.07 Å². The summed E-state index contributed by atoms with van der Waals surface area (Å²) in [6.07, 6.45) is 3.69. The Morgan fingerprint density at radius 1 is 1.59 bits per heavy atom. The molecule has 0 aliphatic carbocycles. The summed E-state index contributed by atoms with van der Waals surface area (Å²) in [6.45, 7) is 1.53. The molecule has 0 spiro atoms. The van der Waals surface area contributed by atoms with Crippen LogP contribution in [0.4, 0.5) is 0 Å². The molecule has 0 heterocycles. The van der Waals surface area contributed by atoms with E-state index in [1.807, 2.05) is 24.3 Å². The first-order valence-corrected chi connectivity index (χ1v) is 6.04. The number of carbonyl (C=O) groups excluding carboxylic acids is 1. The molecule has 0 aliphatic rings. The summed E-state index contributed by atoms with van der Waals surface area (Å²) < 4.78 is 5.11. The third-order valence-corrected chi connectivity index (χ3v) is 2.84. The average Bonchev–Trinajstić information content (AvgIpc) is 2.33. The van der Waals surface area contributed by atoms with Crippen molar-refractivity contribution in [2.75, 3.05) is 12.9 Å². The monoisotopic (exact) mass is 247 g/mol. The minimum Gasteiger partial charge on any atom is -0.495 e. The van der Waals surface area contributed by atoms with Crippen LogP contribution in [-0.2, 0) is 4.79 Å². The minimum absolute atomic E-state index is 0.0841. The van der Waals surface area contributed by atoms with E-state index >= 15 is 0 Å². The van der Waals surface area contributed by atoms with Gasteiger partial charge in [-0.05, 0) is 11.6 Å². The van der Waals surface area contributed by atoms with Gasteiger partial charge in [-0.1, -0.05) is 36.0 Å². The molecule has 0 aromatic heterocycles. The maximum absolute atomic E-state index is 10.7. The van der Waals surface area contributed by atoms with E-state index in [4.69, 9.17) is 10.00 Å². The zero-order chi connectivity index (χ0) is 12.7. The van der Waals surface area contributed by atoms with Crippen LogP contribution in [0.3, 0.4) is 0 Å². The SMILES string of the molecule is COc1cccc(C=CCSC(C)=O)c1C#N. The van der Waals surface area contributed by atoms with Crippen molar-refractivity contribution < 1.29 is 9.53 Å². The molecule has 0 N–H and O–H groups in total. The molecule has 4 heteroatoms. The van der Waals surface area contributed by atoms with Gasteiger partial charge in [0.05, 0.1) is 7.11 Å². The fourth-order valence-corrected chi connectivity index (χ4v) is 1.74. The Hall–Kier alpha value is -1.73. The summed E-state index contributed by atoms with van der Waals surface area (Å²) in [5.41, 5.74) is 1.31. The van der Waals surface area contributed by atoms with Gasteiger partial charge in [-0.2, -0.15) is 5.26 Å². The summed E-state index contributed by atoms with van der Waals surface area (Å²) in [7, 11) is 1.54. The van der Waals surface area contributed by atoms with Gasteiger partial charge in [-0.3, -0.25) is 4.79 Å². The highest BCUT2D eigenvalue weighted by Crippen LogP contribution is 2.22. The fourth-order valence-electron chi connectivity index (χ4n) is 1.32. The van der Waals surface area contributed by atoms with Crippen LogP contribution in [-0.4, -0.2) is 18.0 Å². The quantitative estimate of drug-likeness (QED) is 0.821. The van der Waals surface area contributed by atoms with Crippen molar-refractivity contribution in [3.8, 4) is 11.8 Å². The molecule has 0 atom stereocenters. The zero-order valence-corrected chi connectivity index (χ0v) is 10.6. The highest BCUT2D eigenvalue weighted by Gasteiger charge is 2.05. The number of carbonyl (C=O) groups is 1. The smallest absolute Gasteiger partial charge is 0.186 e. The number of hydrogen-bond donors (Lipinski definition) is 0. The van der Waals surface area contributed by atoms with E-state index in [0.29, 0.717) is 17.1 Å². The van der Waals surface area contributed by atoms with Crippen LogP contribution in [0.2, 0.25) is 0 Å². The van der Waals surface area contributed by atoms with Crippen LogP contribution < -0.4 is 4.74 Å². The number of benzene rings is 1. The molecular weight excluding hydrogens is 234 g/mol. The van der Waals surface area contributed by atoms with E-state index in [9.17, 15) is 4.79 Å². The van der Waals surface area contributed by atoms with Gasteiger partial charge in [-0.25, -0.2) is 0 Å². The number of nitrogens with zero attached hydrogens (tertiary/aromatic N) is 1. The molecule has 0 saturated heterocycles. The van der Waals surface area contributed by atoms with Crippen molar-refractivity contribution in [3.05, 3.63) is 35.4 Å². The van der Waals surface area contributed by atoms with Crippen molar-refractivity contribution in [1.29, 1.82) is 5.26 Å². The minimum atomic E-state index is 0.0841. The molecule has 0 bridgehead atoms. The van der Waals surface area contributed by atoms with Crippen LogP contribution in [0.15, 0.2) is 24.3 Å². The third kappa shape index (κ3) is 3.97. The van der Waals surface area contributed by atoms with E-state index in [1.165, 1.54) is 25.8 Å². The van der Waals surface area contributed by atoms with Gasteiger partial charge in [0.1, 0.15) is 17.4 Å². The second kappa shape index (κ2) is 6.77. The van der Waals surface area contributed by atoms with Gasteiger partial charge < -0.3 is 4.74 Å². The fraction of sp³-hybridized carbons (Fsp3) is 0.231. The number of methoxy groups -OCH3 is 1. The Balaban J connectivity index is 2.84. The lowest BCUT2D eigenvalue weighted by Crippen LogP contribution is -1.90. The molecule has 0 saturated carbocycles. The number of nitriles is 1. The Bertz CT molecular complexity index is 475. The molecule has 0 radical (unpaired) electrons. The molecule has 0 amide bonds. The lowest BCUT2D eigenvalue weighted by Gasteiger charge is -2.04. The summed E-state index contributed by atoms with van der Waals surface area (Å²) >= 11 is 1.23. The second-order valence-electron chi connectivity index (χ2n) is 3.24. The average molecular weight is 247 g/mol. The van der Waals surface area contributed by atoms with Gasteiger partial charge in [0.25, 0.3) is 0 Å². The highest BCUT2D eigenvalue weighted by atomic mass is 32.2. The molecule has 0 unspecified atom stereocenters. The standard InChI is InChI=1S/C13H13NO2S/c1-10(15)17-8-4-6-11-5-3-7-13(16-2)12(11)9-14/h3-7H,8H2,1-2H3. The number of thioether (sulfide) groups is 1. The van der Waals surface area contributed by atoms with Crippen molar-refractivity contribution in [1.82, 2.24) is 0 Å². The van der Waals surface area contributed by atoms with Crippen molar-refractivity contribution in [2.24, 2.45) is 0 Å². The Kier molecular flexibility index (Phi) is 5.31. The van der Waals surface area contributed by atoms with Crippen LogP contribution >= 0.6 is 11.8 Å². The zero-order valence-electron chi connectivity index (χ0n) is 9.77. The maximum Gasteiger partial charge on any atom is 0.186 e. The predicted molar refractivity (Wildman–Crippen MR) is 69.9 cm³/mol. The number of hydrogen-bond acceptors (Lipinski definition) is 4. The Labute approximate surface area is 105 Å². The topological polar surface area (TPSA) is 50.1 Å².